The first-order chi connectivity index (χ1) is 9.93. The molecule has 3 heterocycles. The van der Waals surface area contributed by atoms with Gasteiger partial charge in [0.15, 0.2) is 5.82 Å². The van der Waals surface area contributed by atoms with Gasteiger partial charge in [-0.15, -0.1) is 0 Å². The maximum Gasteiger partial charge on any atom is 0.158 e. The standard InChI is InChI=1S/C15H19N3O2/c1-2-6-16-14(5-1)15-17-7-8-18(15)9-11-19-12-13-4-3-10-20-13/h1-2,5-8,13H,3-4,9-12H2. The molecule has 0 bridgehead atoms. The molecule has 0 N–H and O–H groups in total. The maximum absolute atomic E-state index is 5.69. The molecule has 2 aromatic rings. The lowest BCUT2D eigenvalue weighted by Crippen LogP contribution is -2.16. The minimum absolute atomic E-state index is 0.285. The summed E-state index contributed by atoms with van der Waals surface area (Å²) in [5, 5.41) is 0. The zero-order valence-corrected chi connectivity index (χ0v) is 11.4. The lowest BCUT2D eigenvalue weighted by Gasteiger charge is -2.11. The molecule has 0 aliphatic carbocycles. The van der Waals surface area contributed by atoms with Crippen LogP contribution in [0.25, 0.3) is 11.5 Å². The van der Waals surface area contributed by atoms with Crippen molar-refractivity contribution in [2.75, 3.05) is 19.8 Å². The fourth-order valence-electron chi connectivity index (χ4n) is 2.37. The molecule has 1 unspecified atom stereocenters. The van der Waals surface area contributed by atoms with Crippen LogP contribution in [0.1, 0.15) is 12.8 Å². The van der Waals surface area contributed by atoms with E-state index >= 15 is 0 Å². The first-order valence-electron chi connectivity index (χ1n) is 7.05. The van der Waals surface area contributed by atoms with E-state index in [0.29, 0.717) is 13.2 Å². The lowest BCUT2D eigenvalue weighted by molar-refractivity contribution is 0.0149. The average Bonchev–Trinajstić information content (AvgIpc) is 3.16. The quantitative estimate of drug-likeness (QED) is 0.757. The van der Waals surface area contributed by atoms with Gasteiger partial charge in [0.2, 0.25) is 0 Å². The molecule has 1 aliphatic rings. The number of aromatic nitrogens is 3. The van der Waals surface area contributed by atoms with Gasteiger partial charge in [-0.2, -0.15) is 0 Å². The molecule has 0 radical (unpaired) electrons. The molecule has 5 nitrogen and oxygen atoms in total. The van der Waals surface area contributed by atoms with Crippen LogP contribution in [0.3, 0.4) is 0 Å². The monoisotopic (exact) mass is 273 g/mol. The summed E-state index contributed by atoms with van der Waals surface area (Å²) < 4.78 is 13.3. The molecule has 0 aromatic carbocycles. The summed E-state index contributed by atoms with van der Waals surface area (Å²) in [6.45, 7) is 3.00. The second kappa shape index (κ2) is 6.63. The van der Waals surface area contributed by atoms with Crippen LogP contribution in [0.2, 0.25) is 0 Å². The molecule has 2 aromatic heterocycles. The van der Waals surface area contributed by atoms with Crippen molar-refractivity contribution in [1.29, 1.82) is 0 Å². The Morgan fingerprint density at radius 2 is 2.30 bits per heavy atom. The van der Waals surface area contributed by atoms with Crippen molar-refractivity contribution in [2.24, 2.45) is 0 Å². The third-order valence-corrected chi connectivity index (χ3v) is 3.41. The van der Waals surface area contributed by atoms with Gasteiger partial charge >= 0.3 is 0 Å². The number of rotatable bonds is 6. The number of pyridine rings is 1. The van der Waals surface area contributed by atoms with Crippen molar-refractivity contribution in [3.8, 4) is 11.5 Å². The van der Waals surface area contributed by atoms with E-state index in [2.05, 4.69) is 14.5 Å². The van der Waals surface area contributed by atoms with Crippen molar-refractivity contribution in [1.82, 2.24) is 14.5 Å². The number of hydrogen-bond donors (Lipinski definition) is 0. The molecular formula is C15H19N3O2. The second-order valence-electron chi connectivity index (χ2n) is 4.87. The highest BCUT2D eigenvalue weighted by Crippen LogP contribution is 2.14. The Kier molecular flexibility index (Phi) is 4.40. The van der Waals surface area contributed by atoms with E-state index in [0.717, 1.165) is 37.5 Å². The van der Waals surface area contributed by atoms with Crippen molar-refractivity contribution in [3.63, 3.8) is 0 Å². The number of imidazole rings is 1. The molecule has 0 saturated carbocycles. The zero-order chi connectivity index (χ0) is 13.6. The van der Waals surface area contributed by atoms with Gasteiger partial charge in [0.1, 0.15) is 5.69 Å². The van der Waals surface area contributed by atoms with Gasteiger partial charge in [-0.1, -0.05) is 6.07 Å². The van der Waals surface area contributed by atoms with Gasteiger partial charge in [0.25, 0.3) is 0 Å². The Labute approximate surface area is 118 Å². The largest absolute Gasteiger partial charge is 0.377 e. The molecular weight excluding hydrogens is 254 g/mol. The van der Waals surface area contributed by atoms with Gasteiger partial charge in [0.05, 0.1) is 19.3 Å². The van der Waals surface area contributed by atoms with E-state index in [1.54, 1.807) is 12.4 Å². The highest BCUT2D eigenvalue weighted by atomic mass is 16.5. The van der Waals surface area contributed by atoms with E-state index in [9.17, 15) is 0 Å². The predicted molar refractivity (Wildman–Crippen MR) is 75.3 cm³/mol. The minimum atomic E-state index is 0.285. The molecule has 1 atom stereocenters. The third-order valence-electron chi connectivity index (χ3n) is 3.41. The topological polar surface area (TPSA) is 49.2 Å². The first-order valence-corrected chi connectivity index (χ1v) is 7.05. The van der Waals surface area contributed by atoms with Crippen molar-refractivity contribution < 1.29 is 9.47 Å². The van der Waals surface area contributed by atoms with Gasteiger partial charge in [-0.3, -0.25) is 4.98 Å². The Hall–Kier alpha value is -1.72. The summed E-state index contributed by atoms with van der Waals surface area (Å²) >= 11 is 0. The second-order valence-corrected chi connectivity index (χ2v) is 4.87. The minimum Gasteiger partial charge on any atom is -0.377 e. The molecule has 5 heteroatoms. The Morgan fingerprint density at radius 1 is 1.30 bits per heavy atom. The predicted octanol–water partition coefficient (Wildman–Crippen LogP) is 2.14. The summed E-state index contributed by atoms with van der Waals surface area (Å²) in [6, 6.07) is 5.84. The van der Waals surface area contributed by atoms with E-state index in [-0.39, 0.29) is 6.10 Å². The van der Waals surface area contributed by atoms with E-state index in [4.69, 9.17) is 9.47 Å². The Balaban J connectivity index is 1.52. The van der Waals surface area contributed by atoms with Gasteiger partial charge in [-0.25, -0.2) is 4.98 Å². The summed E-state index contributed by atoms with van der Waals surface area (Å²) in [7, 11) is 0. The van der Waals surface area contributed by atoms with Crippen LogP contribution >= 0.6 is 0 Å². The van der Waals surface area contributed by atoms with Crippen molar-refractivity contribution in [3.05, 3.63) is 36.8 Å². The first kappa shape index (κ1) is 13.3. The van der Waals surface area contributed by atoms with Gasteiger partial charge < -0.3 is 14.0 Å². The molecule has 1 saturated heterocycles. The number of hydrogen-bond acceptors (Lipinski definition) is 4. The molecule has 0 amide bonds. The average molecular weight is 273 g/mol. The van der Waals surface area contributed by atoms with Crippen LogP contribution in [0.15, 0.2) is 36.8 Å². The smallest absolute Gasteiger partial charge is 0.158 e. The highest BCUT2D eigenvalue weighted by molar-refractivity contribution is 5.48. The van der Waals surface area contributed by atoms with Gasteiger partial charge in [-0.05, 0) is 25.0 Å². The molecule has 106 valence electrons. The van der Waals surface area contributed by atoms with E-state index in [1.165, 1.54) is 0 Å². The van der Waals surface area contributed by atoms with Crippen LogP contribution in [0, 0.1) is 0 Å². The van der Waals surface area contributed by atoms with Crippen LogP contribution in [-0.4, -0.2) is 40.5 Å². The van der Waals surface area contributed by atoms with E-state index < -0.39 is 0 Å². The van der Waals surface area contributed by atoms with E-state index in [1.807, 2.05) is 24.4 Å². The molecule has 1 aliphatic heterocycles. The molecule has 1 fully saturated rings. The molecule has 20 heavy (non-hydrogen) atoms. The third kappa shape index (κ3) is 3.23. The lowest BCUT2D eigenvalue weighted by atomic mass is 10.2. The van der Waals surface area contributed by atoms with Crippen LogP contribution in [0.4, 0.5) is 0 Å². The van der Waals surface area contributed by atoms with Crippen LogP contribution in [0.5, 0.6) is 0 Å². The summed E-state index contributed by atoms with van der Waals surface area (Å²) in [5.74, 6) is 0.881. The fourth-order valence-corrected chi connectivity index (χ4v) is 2.37. The summed E-state index contributed by atoms with van der Waals surface area (Å²) in [4.78, 5) is 8.69. The number of ether oxygens (including phenoxy) is 2. The Bertz CT molecular complexity index is 521. The zero-order valence-electron chi connectivity index (χ0n) is 11.4. The van der Waals surface area contributed by atoms with Crippen molar-refractivity contribution >= 4 is 0 Å². The van der Waals surface area contributed by atoms with Crippen molar-refractivity contribution in [2.45, 2.75) is 25.5 Å². The van der Waals surface area contributed by atoms with Gasteiger partial charge in [0, 0.05) is 31.7 Å². The summed E-state index contributed by atoms with van der Waals surface area (Å²) in [5.41, 5.74) is 0.886. The number of nitrogens with zero attached hydrogens (tertiary/aromatic N) is 3. The SMILES string of the molecule is c1ccc(-c2nccn2CCOCC2CCCO2)nc1. The fraction of sp³-hybridized carbons (Fsp3) is 0.467. The Morgan fingerprint density at radius 3 is 3.10 bits per heavy atom. The molecule has 3 rings (SSSR count). The van der Waals surface area contributed by atoms with Crippen LogP contribution < -0.4 is 0 Å². The summed E-state index contributed by atoms with van der Waals surface area (Å²) in [6.07, 6.45) is 8.09. The maximum atomic E-state index is 5.69. The normalized spacial score (nSPS) is 18.5. The molecule has 0 spiro atoms. The highest BCUT2D eigenvalue weighted by Gasteiger charge is 2.15. The van der Waals surface area contributed by atoms with Crippen LogP contribution in [-0.2, 0) is 16.0 Å².